The summed E-state index contributed by atoms with van der Waals surface area (Å²) in [6.07, 6.45) is -0.258. The highest BCUT2D eigenvalue weighted by atomic mass is 32.2. The molecule has 8 heteroatoms. The maximum atomic E-state index is 12.7. The van der Waals surface area contributed by atoms with Crippen molar-refractivity contribution in [2.45, 2.75) is 19.4 Å². The van der Waals surface area contributed by atoms with E-state index in [1.165, 1.54) is 19.1 Å². The Morgan fingerprint density at radius 2 is 1.54 bits per heavy atom. The minimum Gasteiger partial charge on any atom is -0.480 e. The van der Waals surface area contributed by atoms with E-state index in [2.05, 4.69) is 5.32 Å². The fraction of sp³-hybridized carbons (Fsp3) is 0.250. The quantitative estimate of drug-likeness (QED) is 0.618. The van der Waals surface area contributed by atoms with Crippen molar-refractivity contribution in [1.82, 2.24) is 5.32 Å². The van der Waals surface area contributed by atoms with Crippen molar-refractivity contribution >= 4 is 27.5 Å². The van der Waals surface area contributed by atoms with Gasteiger partial charge >= 0.3 is 5.97 Å². The normalized spacial score (nSPS) is 12.2. The summed E-state index contributed by atoms with van der Waals surface area (Å²) >= 11 is 0. The van der Waals surface area contributed by atoms with Crippen LogP contribution in [-0.2, 0) is 14.6 Å². The lowest BCUT2D eigenvalue weighted by molar-refractivity contribution is -0.139. The maximum Gasteiger partial charge on any atom is 0.326 e. The lowest BCUT2D eigenvalue weighted by Crippen LogP contribution is -2.42. The van der Waals surface area contributed by atoms with E-state index in [0.29, 0.717) is 5.56 Å². The van der Waals surface area contributed by atoms with Gasteiger partial charge < -0.3 is 10.4 Å². The number of rotatable bonds is 9. The molecule has 0 spiro atoms. The van der Waals surface area contributed by atoms with Gasteiger partial charge in [-0.3, -0.25) is 9.59 Å². The molecular formula is C20H21NO6S. The van der Waals surface area contributed by atoms with E-state index in [-0.39, 0.29) is 34.8 Å². The molecule has 0 aliphatic rings. The molecule has 0 aliphatic heterocycles. The molecule has 0 heterocycles. The van der Waals surface area contributed by atoms with Crippen LogP contribution in [0.4, 0.5) is 0 Å². The molecule has 0 radical (unpaired) electrons. The zero-order chi connectivity index (χ0) is 20.7. The average molecular weight is 403 g/mol. The molecule has 1 atom stereocenters. The van der Waals surface area contributed by atoms with Crippen LogP contribution in [0.15, 0.2) is 54.6 Å². The van der Waals surface area contributed by atoms with Crippen molar-refractivity contribution in [3.8, 4) is 0 Å². The van der Waals surface area contributed by atoms with Gasteiger partial charge in [0, 0.05) is 16.9 Å². The van der Waals surface area contributed by atoms with Crippen molar-refractivity contribution < 1.29 is 27.9 Å². The van der Waals surface area contributed by atoms with E-state index < -0.39 is 27.8 Å². The average Bonchev–Trinajstić information content (AvgIpc) is 2.70. The molecule has 2 rings (SSSR count). The van der Waals surface area contributed by atoms with E-state index >= 15 is 0 Å². The second-order valence-corrected chi connectivity index (χ2v) is 8.60. The predicted octanol–water partition coefficient (Wildman–Crippen LogP) is 1.93. The van der Waals surface area contributed by atoms with Gasteiger partial charge in [-0.25, -0.2) is 13.2 Å². The zero-order valence-electron chi connectivity index (χ0n) is 15.3. The lowest BCUT2D eigenvalue weighted by atomic mass is 9.97. The molecule has 1 amide bonds. The first-order valence-corrected chi connectivity index (χ1v) is 10.5. The van der Waals surface area contributed by atoms with Crippen LogP contribution in [-0.4, -0.2) is 48.7 Å². The number of amides is 1. The minimum atomic E-state index is -3.37. The Kier molecular flexibility index (Phi) is 7.06. The third-order valence-corrected chi connectivity index (χ3v) is 5.95. The molecule has 1 unspecified atom stereocenters. The van der Waals surface area contributed by atoms with Crippen LogP contribution in [0.1, 0.15) is 39.6 Å². The van der Waals surface area contributed by atoms with Gasteiger partial charge in [0.1, 0.15) is 15.9 Å². The van der Waals surface area contributed by atoms with Crippen LogP contribution >= 0.6 is 0 Å². The Morgan fingerprint density at radius 3 is 2.11 bits per heavy atom. The van der Waals surface area contributed by atoms with Gasteiger partial charge in [-0.05, 0) is 12.5 Å². The Morgan fingerprint density at radius 1 is 0.964 bits per heavy atom. The summed E-state index contributed by atoms with van der Waals surface area (Å²) in [6, 6.07) is 13.1. The Balaban J connectivity index is 2.24. The molecule has 0 saturated carbocycles. The Bertz CT molecular complexity index is 969. The third-order valence-electron chi connectivity index (χ3n) is 4.21. The molecule has 0 bridgehead atoms. The number of ketones is 1. The van der Waals surface area contributed by atoms with E-state index in [4.69, 9.17) is 0 Å². The van der Waals surface area contributed by atoms with Gasteiger partial charge in [-0.15, -0.1) is 0 Å². The largest absolute Gasteiger partial charge is 0.480 e. The fourth-order valence-electron chi connectivity index (χ4n) is 2.56. The van der Waals surface area contributed by atoms with Crippen LogP contribution < -0.4 is 5.32 Å². The number of sulfone groups is 1. The van der Waals surface area contributed by atoms with Crippen molar-refractivity contribution in [3.05, 3.63) is 71.3 Å². The van der Waals surface area contributed by atoms with E-state index in [1.54, 1.807) is 42.5 Å². The maximum absolute atomic E-state index is 12.7. The number of carbonyl (C=O) groups excluding carboxylic acids is 2. The SMILES string of the molecule is CCS(=O)(=O)CCC(NC(=O)c1ccccc1C(=O)c1ccccc1)C(=O)O. The Hall–Kier alpha value is -3.00. The molecule has 0 saturated heterocycles. The lowest BCUT2D eigenvalue weighted by Gasteiger charge is -2.16. The summed E-state index contributed by atoms with van der Waals surface area (Å²) in [5.41, 5.74) is 0.559. The number of hydrogen-bond acceptors (Lipinski definition) is 5. The second kappa shape index (κ2) is 9.27. The second-order valence-electron chi connectivity index (χ2n) is 6.13. The summed E-state index contributed by atoms with van der Waals surface area (Å²) in [7, 11) is -3.37. The molecule has 0 aromatic heterocycles. The highest BCUT2D eigenvalue weighted by Gasteiger charge is 2.25. The van der Waals surface area contributed by atoms with Gasteiger partial charge in [0.25, 0.3) is 5.91 Å². The summed E-state index contributed by atoms with van der Waals surface area (Å²) in [6.45, 7) is 1.47. The summed E-state index contributed by atoms with van der Waals surface area (Å²) in [4.78, 5) is 36.8. The first-order valence-electron chi connectivity index (χ1n) is 8.68. The predicted molar refractivity (Wildman–Crippen MR) is 104 cm³/mol. The van der Waals surface area contributed by atoms with E-state index in [1.807, 2.05) is 0 Å². The number of carboxylic acid groups (broad SMARTS) is 1. The van der Waals surface area contributed by atoms with Gasteiger partial charge in [0.2, 0.25) is 0 Å². The Labute approximate surface area is 163 Å². The van der Waals surface area contributed by atoms with Gasteiger partial charge in [0.05, 0.1) is 11.3 Å². The highest BCUT2D eigenvalue weighted by molar-refractivity contribution is 7.91. The highest BCUT2D eigenvalue weighted by Crippen LogP contribution is 2.15. The first-order chi connectivity index (χ1) is 13.2. The van der Waals surface area contributed by atoms with Crippen molar-refractivity contribution in [2.75, 3.05) is 11.5 Å². The molecule has 0 aliphatic carbocycles. The third kappa shape index (κ3) is 5.50. The van der Waals surface area contributed by atoms with Crippen molar-refractivity contribution in [1.29, 1.82) is 0 Å². The fourth-order valence-corrected chi connectivity index (χ4v) is 3.44. The van der Waals surface area contributed by atoms with Crippen LogP contribution in [0.5, 0.6) is 0 Å². The van der Waals surface area contributed by atoms with Crippen LogP contribution in [0.25, 0.3) is 0 Å². The number of hydrogen-bond donors (Lipinski definition) is 2. The van der Waals surface area contributed by atoms with Crippen molar-refractivity contribution in [3.63, 3.8) is 0 Å². The van der Waals surface area contributed by atoms with E-state index in [9.17, 15) is 27.9 Å². The number of carboxylic acids is 1. The molecule has 7 nitrogen and oxygen atoms in total. The standard InChI is InChI=1S/C20H21NO6S/c1-2-28(26,27)13-12-17(20(24)25)21-19(23)16-11-7-6-10-15(16)18(22)14-8-4-3-5-9-14/h3-11,17H,2,12-13H2,1H3,(H,21,23)(H,24,25). The number of aliphatic carboxylic acids is 1. The molecule has 28 heavy (non-hydrogen) atoms. The van der Waals surface area contributed by atoms with Crippen LogP contribution in [0.2, 0.25) is 0 Å². The van der Waals surface area contributed by atoms with Gasteiger partial charge in [-0.2, -0.15) is 0 Å². The topological polar surface area (TPSA) is 118 Å². The number of carbonyl (C=O) groups is 3. The first kappa shape index (κ1) is 21.3. The summed E-state index contributed by atoms with van der Waals surface area (Å²) in [5, 5.41) is 11.6. The van der Waals surface area contributed by atoms with E-state index in [0.717, 1.165) is 0 Å². The molecule has 0 fully saturated rings. The smallest absolute Gasteiger partial charge is 0.326 e. The van der Waals surface area contributed by atoms with Crippen LogP contribution in [0, 0.1) is 0 Å². The zero-order valence-corrected chi connectivity index (χ0v) is 16.1. The number of benzene rings is 2. The summed E-state index contributed by atoms with van der Waals surface area (Å²) in [5.74, 6) is -2.92. The molecule has 2 aromatic carbocycles. The molecular weight excluding hydrogens is 382 g/mol. The molecule has 2 N–H and O–H groups in total. The summed E-state index contributed by atoms with van der Waals surface area (Å²) < 4.78 is 23.3. The van der Waals surface area contributed by atoms with Crippen molar-refractivity contribution in [2.24, 2.45) is 0 Å². The monoisotopic (exact) mass is 403 g/mol. The van der Waals surface area contributed by atoms with Gasteiger partial charge in [0.15, 0.2) is 5.78 Å². The van der Waals surface area contributed by atoms with Crippen LogP contribution in [0.3, 0.4) is 0 Å². The molecule has 2 aromatic rings. The molecule has 148 valence electrons. The number of nitrogens with one attached hydrogen (secondary N) is 1. The van der Waals surface area contributed by atoms with Gasteiger partial charge in [-0.1, -0.05) is 55.5 Å². The minimum absolute atomic E-state index is 0.0287.